The van der Waals surface area contributed by atoms with Crippen molar-refractivity contribution in [3.05, 3.63) is 35.4 Å². The fourth-order valence-electron chi connectivity index (χ4n) is 6.09. The lowest BCUT2D eigenvalue weighted by molar-refractivity contribution is 0.0595. The van der Waals surface area contributed by atoms with Crippen LogP contribution in [0.4, 0.5) is 0 Å². The van der Waals surface area contributed by atoms with Gasteiger partial charge in [-0.2, -0.15) is 0 Å². The number of rotatable bonds is 1. The molecule has 0 amide bonds. The second kappa shape index (κ2) is 5.11. The molecular weight excluding hydrogens is 284 g/mol. The smallest absolute Gasteiger partial charge is 0.116 e. The van der Waals surface area contributed by atoms with Gasteiger partial charge in [0.05, 0.1) is 6.10 Å². The summed E-state index contributed by atoms with van der Waals surface area (Å²) in [7, 11) is 0. The number of hydrogen-bond acceptors (Lipinski definition) is 2. The molecule has 1 aromatic rings. The minimum absolute atomic E-state index is 0.106. The Morgan fingerprint density at radius 1 is 1.30 bits per heavy atom. The second-order valence-electron chi connectivity index (χ2n) is 8.55. The third-order valence-corrected chi connectivity index (χ3v) is 7.01. The molecule has 0 saturated heterocycles. The maximum absolute atomic E-state index is 10.2. The van der Waals surface area contributed by atoms with E-state index in [4.69, 9.17) is 0 Å². The van der Waals surface area contributed by atoms with Gasteiger partial charge >= 0.3 is 0 Å². The Bertz CT molecular complexity index is 662. The van der Waals surface area contributed by atoms with E-state index in [1.54, 1.807) is 0 Å². The van der Waals surface area contributed by atoms with Crippen LogP contribution >= 0.6 is 0 Å². The summed E-state index contributed by atoms with van der Waals surface area (Å²) in [5.41, 5.74) is 5.33. The average Bonchev–Trinajstić information content (AvgIpc) is 2.80. The van der Waals surface area contributed by atoms with Crippen LogP contribution in [0.1, 0.15) is 68.6 Å². The zero-order valence-corrected chi connectivity index (χ0v) is 14.3. The van der Waals surface area contributed by atoms with Crippen molar-refractivity contribution in [3.63, 3.8) is 0 Å². The SMILES string of the molecule is C=C(C)c1cc(O)cc2c1[C@H]1CC[C@]3(C)C[C@H](O)C[C@H]3[C@@H]1CC2. The molecule has 2 fully saturated rings. The lowest BCUT2D eigenvalue weighted by Gasteiger charge is -2.49. The molecule has 2 saturated carbocycles. The van der Waals surface area contributed by atoms with Crippen LogP contribution in [-0.2, 0) is 6.42 Å². The number of aryl methyl sites for hydroxylation is 1. The number of aliphatic hydroxyl groups excluding tert-OH is 1. The quantitative estimate of drug-likeness (QED) is 0.793. The zero-order chi connectivity index (χ0) is 16.4. The van der Waals surface area contributed by atoms with Gasteiger partial charge in [0.15, 0.2) is 0 Å². The molecule has 4 rings (SSSR count). The van der Waals surface area contributed by atoms with E-state index in [1.807, 2.05) is 19.1 Å². The van der Waals surface area contributed by atoms with Crippen LogP contribution in [0.3, 0.4) is 0 Å². The fraction of sp³-hybridized carbons (Fsp3) is 0.619. The number of aromatic hydroxyl groups is 1. The molecule has 0 aromatic heterocycles. The first-order valence-electron chi connectivity index (χ1n) is 9.09. The van der Waals surface area contributed by atoms with Crippen LogP contribution in [-0.4, -0.2) is 16.3 Å². The maximum atomic E-state index is 10.2. The highest BCUT2D eigenvalue weighted by molar-refractivity contribution is 5.69. The van der Waals surface area contributed by atoms with Crippen molar-refractivity contribution < 1.29 is 10.2 Å². The van der Waals surface area contributed by atoms with E-state index in [-0.39, 0.29) is 6.10 Å². The summed E-state index contributed by atoms with van der Waals surface area (Å²) >= 11 is 0. The Morgan fingerprint density at radius 3 is 2.83 bits per heavy atom. The molecule has 124 valence electrons. The van der Waals surface area contributed by atoms with Crippen molar-refractivity contribution in [1.29, 1.82) is 0 Å². The summed E-state index contributed by atoms with van der Waals surface area (Å²) in [6.45, 7) is 8.60. The highest BCUT2D eigenvalue weighted by atomic mass is 16.3. The van der Waals surface area contributed by atoms with E-state index >= 15 is 0 Å². The molecule has 5 atom stereocenters. The summed E-state index contributed by atoms with van der Waals surface area (Å²) in [5.74, 6) is 2.28. The molecule has 0 spiro atoms. The Morgan fingerprint density at radius 2 is 2.09 bits per heavy atom. The second-order valence-corrected chi connectivity index (χ2v) is 8.55. The Balaban J connectivity index is 1.79. The summed E-state index contributed by atoms with van der Waals surface area (Å²) in [5, 5.41) is 20.3. The van der Waals surface area contributed by atoms with Gasteiger partial charge in [0.2, 0.25) is 0 Å². The first-order valence-corrected chi connectivity index (χ1v) is 9.09. The molecular formula is C21H28O2. The van der Waals surface area contributed by atoms with Crippen molar-refractivity contribution in [2.75, 3.05) is 0 Å². The van der Waals surface area contributed by atoms with Crippen molar-refractivity contribution in [2.24, 2.45) is 17.3 Å². The monoisotopic (exact) mass is 312 g/mol. The Kier molecular flexibility index (Phi) is 3.39. The van der Waals surface area contributed by atoms with Crippen molar-refractivity contribution in [2.45, 2.75) is 64.4 Å². The van der Waals surface area contributed by atoms with Gasteiger partial charge in [-0.1, -0.05) is 19.1 Å². The largest absolute Gasteiger partial charge is 0.508 e. The average molecular weight is 312 g/mol. The van der Waals surface area contributed by atoms with Crippen LogP contribution in [0.5, 0.6) is 5.75 Å². The van der Waals surface area contributed by atoms with E-state index in [0.717, 1.165) is 30.4 Å². The molecule has 0 unspecified atom stereocenters. The van der Waals surface area contributed by atoms with Gasteiger partial charge in [-0.15, -0.1) is 0 Å². The topological polar surface area (TPSA) is 40.5 Å². The van der Waals surface area contributed by atoms with Gasteiger partial charge in [-0.3, -0.25) is 0 Å². The number of hydrogen-bond donors (Lipinski definition) is 2. The summed E-state index contributed by atoms with van der Waals surface area (Å²) in [4.78, 5) is 0. The molecule has 2 N–H and O–H groups in total. The minimum Gasteiger partial charge on any atom is -0.508 e. The summed E-state index contributed by atoms with van der Waals surface area (Å²) in [6, 6.07) is 3.87. The summed E-state index contributed by atoms with van der Waals surface area (Å²) < 4.78 is 0. The van der Waals surface area contributed by atoms with Crippen molar-refractivity contribution in [1.82, 2.24) is 0 Å². The molecule has 2 nitrogen and oxygen atoms in total. The number of phenols is 1. The number of fused-ring (bicyclic) bond motifs is 5. The van der Waals surface area contributed by atoms with Crippen LogP contribution in [0, 0.1) is 17.3 Å². The number of allylic oxidation sites excluding steroid dienone is 1. The van der Waals surface area contributed by atoms with E-state index < -0.39 is 0 Å². The molecule has 1 aromatic carbocycles. The van der Waals surface area contributed by atoms with E-state index in [1.165, 1.54) is 30.4 Å². The van der Waals surface area contributed by atoms with Crippen LogP contribution in [0.25, 0.3) is 5.57 Å². The predicted octanol–water partition coefficient (Wildman–Crippen LogP) is 4.64. The molecule has 0 bridgehead atoms. The molecule has 3 aliphatic rings. The summed E-state index contributed by atoms with van der Waals surface area (Å²) in [6.07, 6.45) is 6.53. The van der Waals surface area contributed by atoms with Gasteiger partial charge in [0.25, 0.3) is 0 Å². The van der Waals surface area contributed by atoms with E-state index in [0.29, 0.717) is 28.9 Å². The maximum Gasteiger partial charge on any atom is 0.116 e. The highest BCUT2D eigenvalue weighted by Crippen LogP contribution is 2.61. The predicted molar refractivity (Wildman–Crippen MR) is 93.4 cm³/mol. The molecule has 0 heterocycles. The normalized spacial score (nSPS) is 38.6. The van der Waals surface area contributed by atoms with Crippen molar-refractivity contribution >= 4 is 5.57 Å². The first-order chi connectivity index (χ1) is 10.9. The number of aliphatic hydroxyl groups is 1. The molecule has 2 heteroatoms. The van der Waals surface area contributed by atoms with Crippen molar-refractivity contribution in [3.8, 4) is 5.75 Å². The van der Waals surface area contributed by atoms with Gasteiger partial charge < -0.3 is 10.2 Å². The lowest BCUT2D eigenvalue weighted by atomic mass is 9.55. The Labute approximate surface area is 139 Å². The van der Waals surface area contributed by atoms with Crippen LogP contribution in [0.15, 0.2) is 18.7 Å². The molecule has 3 aliphatic carbocycles. The van der Waals surface area contributed by atoms with E-state index in [9.17, 15) is 10.2 Å². The zero-order valence-electron chi connectivity index (χ0n) is 14.3. The third-order valence-electron chi connectivity index (χ3n) is 7.01. The van der Waals surface area contributed by atoms with Gasteiger partial charge in [0.1, 0.15) is 5.75 Å². The minimum atomic E-state index is -0.106. The number of benzene rings is 1. The Hall–Kier alpha value is -1.28. The lowest BCUT2D eigenvalue weighted by Crippen LogP contribution is -2.39. The first kappa shape index (κ1) is 15.3. The van der Waals surface area contributed by atoms with Gasteiger partial charge in [-0.25, -0.2) is 0 Å². The third kappa shape index (κ3) is 2.26. The van der Waals surface area contributed by atoms with E-state index in [2.05, 4.69) is 13.5 Å². The highest BCUT2D eigenvalue weighted by Gasteiger charge is 2.53. The van der Waals surface area contributed by atoms with Crippen LogP contribution in [0.2, 0.25) is 0 Å². The fourth-order valence-corrected chi connectivity index (χ4v) is 6.09. The molecule has 23 heavy (non-hydrogen) atoms. The van der Waals surface area contributed by atoms with Crippen LogP contribution < -0.4 is 0 Å². The number of phenolic OH excluding ortho intramolecular Hbond substituents is 1. The standard InChI is InChI=1S/C21H28O2/c1-12(2)18-9-14(22)8-13-4-5-16-17(20(13)18)6-7-21(3)11-15(23)10-19(16)21/h8-9,15-17,19,22-23H,1,4-7,10-11H2,2-3H3/t15-,16-,17+,19+,21-/m1/s1. The molecule has 0 aliphatic heterocycles. The molecule has 0 radical (unpaired) electrons. The van der Waals surface area contributed by atoms with Gasteiger partial charge in [0, 0.05) is 0 Å². The van der Waals surface area contributed by atoms with Gasteiger partial charge in [-0.05, 0) is 97.4 Å².